The molecule has 4 N–H and O–H groups in total. The number of nitrogens with two attached hydrogens (primary N) is 1. The van der Waals surface area contributed by atoms with E-state index in [2.05, 4.69) is 9.97 Å². The second kappa shape index (κ2) is 6.08. The number of nitrogens with zero attached hydrogens (tertiary/aromatic N) is 3. The highest BCUT2D eigenvalue weighted by molar-refractivity contribution is 6.33. The van der Waals surface area contributed by atoms with E-state index >= 15 is 0 Å². The molecule has 1 fully saturated rings. The number of aliphatic hydroxyl groups is 2. The summed E-state index contributed by atoms with van der Waals surface area (Å²) in [6.07, 6.45) is 5.08. The molecule has 0 amide bonds. The van der Waals surface area contributed by atoms with Crippen LogP contribution >= 0.6 is 11.6 Å². The van der Waals surface area contributed by atoms with Gasteiger partial charge in [0, 0.05) is 17.6 Å². The number of hydrogen-bond acceptors (Lipinski definition) is 6. The van der Waals surface area contributed by atoms with Crippen molar-refractivity contribution in [3.63, 3.8) is 0 Å². The van der Waals surface area contributed by atoms with Gasteiger partial charge in [0.15, 0.2) is 5.82 Å². The summed E-state index contributed by atoms with van der Waals surface area (Å²) in [7, 11) is 0. The number of fused-ring (bicyclic) bond motifs is 1. The first-order chi connectivity index (χ1) is 12.4. The molecule has 0 spiro atoms. The zero-order valence-electron chi connectivity index (χ0n) is 14.7. The van der Waals surface area contributed by atoms with E-state index in [4.69, 9.17) is 17.3 Å². The van der Waals surface area contributed by atoms with Gasteiger partial charge in [0.2, 0.25) is 5.95 Å². The minimum Gasteiger partial charge on any atom is -0.395 e. The topological polar surface area (TPSA) is 95.5 Å². The number of hydrogen-bond donors (Lipinski definition) is 3. The van der Waals surface area contributed by atoms with Gasteiger partial charge in [-0.15, -0.1) is 0 Å². The number of benzene rings is 1. The molecule has 6 nitrogen and oxygen atoms in total. The summed E-state index contributed by atoms with van der Waals surface area (Å²) >= 11 is 6.34. The second-order valence-corrected chi connectivity index (χ2v) is 8.08. The minimum atomic E-state index is -0.784. The van der Waals surface area contributed by atoms with E-state index in [0.29, 0.717) is 17.4 Å². The number of rotatable bonds is 3. The van der Waals surface area contributed by atoms with Crippen LogP contribution in [0.5, 0.6) is 0 Å². The van der Waals surface area contributed by atoms with Crippen molar-refractivity contribution in [3.05, 3.63) is 40.5 Å². The quantitative estimate of drug-likeness (QED) is 0.764. The molecule has 2 heterocycles. The van der Waals surface area contributed by atoms with Crippen molar-refractivity contribution >= 4 is 29.1 Å². The smallest absolute Gasteiger partial charge is 0.222 e. The summed E-state index contributed by atoms with van der Waals surface area (Å²) < 4.78 is 0. The summed E-state index contributed by atoms with van der Waals surface area (Å²) in [5.74, 6) is 0.669. The maximum absolute atomic E-state index is 11.0. The standard InChI is InChI=1S/C19H23ClN4O2/c1-18(11-25)10-24(16-14(20)9-22-17(21)23-16)15-8-12(4-5-13(15)18)19(26)6-2-3-7-19/h4-5,8-9,25-26H,2-3,6-7,10-11H2,1H3,(H2,21,22,23)/t18-/m1/s1. The lowest BCUT2D eigenvalue weighted by Crippen LogP contribution is -2.32. The van der Waals surface area contributed by atoms with Crippen LogP contribution in [0.4, 0.5) is 17.5 Å². The normalized spacial score (nSPS) is 24.1. The molecule has 26 heavy (non-hydrogen) atoms. The second-order valence-electron chi connectivity index (χ2n) is 7.68. The van der Waals surface area contributed by atoms with Gasteiger partial charge in [0.05, 0.1) is 18.4 Å². The highest BCUT2D eigenvalue weighted by atomic mass is 35.5. The molecular formula is C19H23ClN4O2. The lowest BCUT2D eigenvalue weighted by molar-refractivity contribution is 0.0445. The molecule has 1 atom stereocenters. The third-order valence-corrected chi connectivity index (χ3v) is 6.03. The Morgan fingerprint density at radius 2 is 2.04 bits per heavy atom. The first kappa shape index (κ1) is 17.5. The van der Waals surface area contributed by atoms with Crippen LogP contribution < -0.4 is 10.6 Å². The van der Waals surface area contributed by atoms with Crippen molar-refractivity contribution in [2.75, 3.05) is 23.8 Å². The molecule has 0 saturated heterocycles. The lowest BCUT2D eigenvalue weighted by atomic mass is 9.83. The predicted molar refractivity (Wildman–Crippen MR) is 102 cm³/mol. The van der Waals surface area contributed by atoms with Crippen molar-refractivity contribution in [1.29, 1.82) is 0 Å². The van der Waals surface area contributed by atoms with Crippen LogP contribution in [0.1, 0.15) is 43.7 Å². The van der Waals surface area contributed by atoms with Crippen LogP contribution in [0.3, 0.4) is 0 Å². The van der Waals surface area contributed by atoms with Gasteiger partial charge < -0.3 is 20.8 Å². The molecule has 0 unspecified atom stereocenters. The van der Waals surface area contributed by atoms with E-state index in [0.717, 1.165) is 42.5 Å². The number of aliphatic hydroxyl groups excluding tert-OH is 1. The fourth-order valence-electron chi connectivity index (χ4n) is 4.21. The van der Waals surface area contributed by atoms with Crippen molar-refractivity contribution in [3.8, 4) is 0 Å². The first-order valence-electron chi connectivity index (χ1n) is 8.90. The van der Waals surface area contributed by atoms with Gasteiger partial charge in [0.1, 0.15) is 5.02 Å². The number of halogens is 1. The van der Waals surface area contributed by atoms with Gasteiger partial charge in [-0.3, -0.25) is 0 Å². The van der Waals surface area contributed by atoms with E-state index in [1.54, 1.807) is 0 Å². The van der Waals surface area contributed by atoms with Crippen LogP contribution in [0, 0.1) is 0 Å². The summed E-state index contributed by atoms with van der Waals surface area (Å²) in [5.41, 5.74) is 7.35. The average molecular weight is 375 g/mol. The number of anilines is 3. The van der Waals surface area contributed by atoms with Crippen molar-refractivity contribution in [1.82, 2.24) is 9.97 Å². The van der Waals surface area contributed by atoms with Crippen molar-refractivity contribution in [2.24, 2.45) is 0 Å². The zero-order valence-corrected chi connectivity index (χ0v) is 15.5. The fourth-order valence-corrected chi connectivity index (χ4v) is 4.40. The fraction of sp³-hybridized carbons (Fsp3) is 0.474. The van der Waals surface area contributed by atoms with E-state index in [9.17, 15) is 10.2 Å². The summed E-state index contributed by atoms with van der Waals surface area (Å²) in [6.45, 7) is 2.53. The monoisotopic (exact) mass is 374 g/mol. The zero-order chi connectivity index (χ0) is 18.5. The molecule has 7 heteroatoms. The van der Waals surface area contributed by atoms with Gasteiger partial charge in [-0.25, -0.2) is 4.98 Å². The molecule has 4 rings (SSSR count). The Labute approximate surface area is 157 Å². The number of aromatic nitrogens is 2. The third-order valence-electron chi connectivity index (χ3n) is 5.76. The molecule has 0 bridgehead atoms. The van der Waals surface area contributed by atoms with Crippen LogP contribution in [-0.4, -0.2) is 33.3 Å². The Morgan fingerprint density at radius 3 is 2.73 bits per heavy atom. The van der Waals surface area contributed by atoms with Gasteiger partial charge >= 0.3 is 0 Å². The van der Waals surface area contributed by atoms with Crippen LogP contribution in [0.25, 0.3) is 0 Å². The molecule has 1 aromatic heterocycles. The third kappa shape index (κ3) is 2.64. The average Bonchev–Trinajstić information content (AvgIpc) is 3.20. The van der Waals surface area contributed by atoms with Gasteiger partial charge in [0.25, 0.3) is 0 Å². The van der Waals surface area contributed by atoms with E-state index in [-0.39, 0.29) is 12.6 Å². The molecule has 2 aliphatic rings. The van der Waals surface area contributed by atoms with E-state index < -0.39 is 11.0 Å². The Hall–Kier alpha value is -1.89. The predicted octanol–water partition coefficient (Wildman–Crippen LogP) is 2.88. The Balaban J connectivity index is 1.86. The summed E-state index contributed by atoms with van der Waals surface area (Å²) in [5, 5.41) is 21.4. The molecule has 1 aromatic carbocycles. The molecule has 1 aliphatic heterocycles. The SMILES string of the molecule is C[C@]1(CO)CN(c2nc(N)ncc2Cl)c2cc(C3(O)CCCC3)ccc21. The van der Waals surface area contributed by atoms with Gasteiger partial charge in [-0.2, -0.15) is 4.98 Å². The van der Waals surface area contributed by atoms with Crippen molar-refractivity contribution in [2.45, 2.75) is 43.6 Å². The molecular weight excluding hydrogens is 352 g/mol. The molecule has 138 valence electrons. The maximum atomic E-state index is 11.0. The highest BCUT2D eigenvalue weighted by Crippen LogP contribution is 2.48. The summed E-state index contributed by atoms with van der Waals surface area (Å²) in [4.78, 5) is 10.2. The van der Waals surface area contributed by atoms with Gasteiger partial charge in [-0.05, 0) is 30.0 Å². The van der Waals surface area contributed by atoms with Gasteiger partial charge in [-0.1, -0.05) is 43.5 Å². The highest BCUT2D eigenvalue weighted by Gasteiger charge is 2.42. The lowest BCUT2D eigenvalue weighted by Gasteiger charge is -2.25. The number of nitrogen functional groups attached to an aromatic ring is 1. The molecule has 2 aromatic rings. The van der Waals surface area contributed by atoms with E-state index in [1.807, 2.05) is 30.0 Å². The van der Waals surface area contributed by atoms with Crippen LogP contribution in [0.2, 0.25) is 5.02 Å². The Kier molecular flexibility index (Phi) is 4.10. The Morgan fingerprint density at radius 1 is 1.31 bits per heavy atom. The minimum absolute atomic E-state index is 0.00169. The van der Waals surface area contributed by atoms with Crippen molar-refractivity contribution < 1.29 is 10.2 Å². The maximum Gasteiger partial charge on any atom is 0.222 e. The van der Waals surface area contributed by atoms with Crippen LogP contribution in [0.15, 0.2) is 24.4 Å². The molecule has 1 saturated carbocycles. The summed E-state index contributed by atoms with van der Waals surface area (Å²) in [6, 6.07) is 6.00. The molecule has 1 aliphatic carbocycles. The van der Waals surface area contributed by atoms with E-state index in [1.165, 1.54) is 6.20 Å². The largest absolute Gasteiger partial charge is 0.395 e. The Bertz CT molecular complexity index is 853. The molecule has 0 radical (unpaired) electrons. The first-order valence-corrected chi connectivity index (χ1v) is 9.28. The van der Waals surface area contributed by atoms with Crippen LogP contribution in [-0.2, 0) is 11.0 Å².